The number of morpholine rings is 1. The lowest BCUT2D eigenvalue weighted by atomic mass is 10.2. The van der Waals surface area contributed by atoms with Crippen molar-refractivity contribution in [2.24, 2.45) is 0 Å². The second kappa shape index (κ2) is 11.6. The molecule has 3 rings (SSSR count). The van der Waals surface area contributed by atoms with Crippen LogP contribution in [0.1, 0.15) is 11.1 Å². The third-order valence-corrected chi connectivity index (χ3v) is 4.77. The van der Waals surface area contributed by atoms with Gasteiger partial charge < -0.3 is 24.8 Å². The van der Waals surface area contributed by atoms with Gasteiger partial charge in [-0.15, -0.1) is 13.2 Å². The minimum absolute atomic E-state index is 0.108. The number of carbonyl (C=O) groups is 1. The monoisotopic (exact) mass is 453 g/mol. The normalized spacial score (nSPS) is 14.6. The molecule has 1 saturated heterocycles. The van der Waals surface area contributed by atoms with Crippen LogP contribution in [0.2, 0.25) is 0 Å². The molecule has 2 N–H and O–H groups in total. The van der Waals surface area contributed by atoms with Gasteiger partial charge in [0.05, 0.1) is 13.2 Å². The van der Waals surface area contributed by atoms with Crippen LogP contribution in [-0.4, -0.2) is 56.7 Å². The van der Waals surface area contributed by atoms with Crippen molar-refractivity contribution in [1.29, 1.82) is 0 Å². The molecule has 0 aliphatic carbocycles. The molecule has 0 radical (unpaired) electrons. The number of nitrogens with one attached hydrogen (secondary N) is 2. The van der Waals surface area contributed by atoms with E-state index in [-0.39, 0.29) is 24.4 Å². The highest BCUT2D eigenvalue weighted by atomic mass is 19.4. The molecule has 2 aromatic rings. The zero-order chi connectivity index (χ0) is 22.8. The van der Waals surface area contributed by atoms with Crippen LogP contribution in [0, 0.1) is 0 Å². The third-order valence-electron chi connectivity index (χ3n) is 4.77. The average molecular weight is 453 g/mol. The maximum atomic E-state index is 12.5. The third kappa shape index (κ3) is 8.27. The highest BCUT2D eigenvalue weighted by Gasteiger charge is 2.31. The van der Waals surface area contributed by atoms with Crippen LogP contribution in [0.4, 0.5) is 18.0 Å². The van der Waals surface area contributed by atoms with Gasteiger partial charge in [0.1, 0.15) is 18.1 Å². The molecule has 2 amide bonds. The van der Waals surface area contributed by atoms with Crippen molar-refractivity contribution in [1.82, 2.24) is 15.5 Å². The standard InChI is InChI=1S/C22H26F3N3O4/c23-22(24,25)32-20-7-2-1-5-18(20)16-27-21(29)26-15-17-4-3-6-19(14-17)31-13-10-28-8-11-30-12-9-28/h1-7,14H,8-13,15-16H2,(H2,26,27,29). The van der Waals surface area contributed by atoms with Crippen molar-refractivity contribution >= 4 is 6.03 Å². The number of ether oxygens (including phenoxy) is 3. The highest BCUT2D eigenvalue weighted by molar-refractivity contribution is 5.73. The van der Waals surface area contributed by atoms with Crippen molar-refractivity contribution < 1.29 is 32.2 Å². The van der Waals surface area contributed by atoms with Gasteiger partial charge in [-0.2, -0.15) is 0 Å². The molecule has 174 valence electrons. The fraction of sp³-hybridized carbons (Fsp3) is 0.409. The largest absolute Gasteiger partial charge is 0.573 e. The van der Waals surface area contributed by atoms with E-state index in [9.17, 15) is 18.0 Å². The number of hydrogen-bond acceptors (Lipinski definition) is 5. The number of benzene rings is 2. The number of hydrogen-bond donors (Lipinski definition) is 2. The smallest absolute Gasteiger partial charge is 0.492 e. The van der Waals surface area contributed by atoms with E-state index in [1.54, 1.807) is 6.07 Å². The fourth-order valence-corrected chi connectivity index (χ4v) is 3.16. The molecule has 0 unspecified atom stereocenters. The number of nitrogens with zero attached hydrogens (tertiary/aromatic N) is 1. The molecule has 0 aromatic heterocycles. The topological polar surface area (TPSA) is 72.1 Å². The minimum atomic E-state index is -4.80. The Hall–Kier alpha value is -2.98. The van der Waals surface area contributed by atoms with Crippen molar-refractivity contribution in [3.63, 3.8) is 0 Å². The van der Waals surface area contributed by atoms with Gasteiger partial charge in [-0.25, -0.2) is 4.79 Å². The molecular weight excluding hydrogens is 427 g/mol. The van der Waals surface area contributed by atoms with Crippen LogP contribution in [0.15, 0.2) is 48.5 Å². The maximum absolute atomic E-state index is 12.5. The van der Waals surface area contributed by atoms with Crippen molar-refractivity contribution in [2.75, 3.05) is 39.5 Å². The fourth-order valence-electron chi connectivity index (χ4n) is 3.16. The van der Waals surface area contributed by atoms with E-state index in [1.165, 1.54) is 18.2 Å². The van der Waals surface area contributed by atoms with E-state index in [0.29, 0.717) is 12.4 Å². The number of urea groups is 1. The van der Waals surface area contributed by atoms with Crippen LogP contribution in [-0.2, 0) is 17.8 Å². The van der Waals surface area contributed by atoms with Crippen LogP contribution < -0.4 is 20.1 Å². The van der Waals surface area contributed by atoms with Crippen LogP contribution >= 0.6 is 0 Å². The Morgan fingerprint density at radius 3 is 2.56 bits per heavy atom. The molecular formula is C22H26F3N3O4. The van der Waals surface area contributed by atoms with E-state index in [1.807, 2.05) is 24.3 Å². The predicted octanol–water partition coefficient (Wildman–Crippen LogP) is 3.30. The van der Waals surface area contributed by atoms with Crippen LogP contribution in [0.5, 0.6) is 11.5 Å². The average Bonchev–Trinajstić information content (AvgIpc) is 2.77. The molecule has 1 aliphatic rings. The lowest BCUT2D eigenvalue weighted by Crippen LogP contribution is -2.38. The van der Waals surface area contributed by atoms with Gasteiger partial charge in [0.25, 0.3) is 0 Å². The van der Waals surface area contributed by atoms with E-state index < -0.39 is 12.4 Å². The molecule has 0 saturated carbocycles. The summed E-state index contributed by atoms with van der Waals surface area (Å²) in [4.78, 5) is 14.4. The number of alkyl halides is 3. The molecule has 10 heteroatoms. The van der Waals surface area contributed by atoms with Gasteiger partial charge in [0.2, 0.25) is 0 Å². The van der Waals surface area contributed by atoms with Crippen molar-refractivity contribution in [3.05, 3.63) is 59.7 Å². The Balaban J connectivity index is 1.42. The Labute approximate surface area is 184 Å². The molecule has 1 aliphatic heterocycles. The summed E-state index contributed by atoms with van der Waals surface area (Å²) in [7, 11) is 0. The quantitative estimate of drug-likeness (QED) is 0.610. The first-order valence-electron chi connectivity index (χ1n) is 10.3. The van der Waals surface area contributed by atoms with Gasteiger partial charge in [0.15, 0.2) is 0 Å². The summed E-state index contributed by atoms with van der Waals surface area (Å²) in [6, 6.07) is 12.5. The maximum Gasteiger partial charge on any atom is 0.573 e. The Morgan fingerprint density at radius 1 is 1.03 bits per heavy atom. The van der Waals surface area contributed by atoms with Crippen molar-refractivity contribution in [3.8, 4) is 11.5 Å². The lowest BCUT2D eigenvalue weighted by Gasteiger charge is -2.26. The summed E-state index contributed by atoms with van der Waals surface area (Å²) < 4.78 is 52.6. The Kier molecular flexibility index (Phi) is 8.57. The number of halogens is 3. The first-order valence-corrected chi connectivity index (χ1v) is 10.3. The first kappa shape index (κ1) is 23.7. The van der Waals surface area contributed by atoms with Gasteiger partial charge in [-0.3, -0.25) is 4.90 Å². The van der Waals surface area contributed by atoms with Gasteiger partial charge >= 0.3 is 12.4 Å². The van der Waals surface area contributed by atoms with E-state index in [2.05, 4.69) is 20.3 Å². The number of amides is 2. The van der Waals surface area contributed by atoms with Crippen LogP contribution in [0.25, 0.3) is 0 Å². The summed E-state index contributed by atoms with van der Waals surface area (Å²) in [5, 5.41) is 5.22. The zero-order valence-electron chi connectivity index (χ0n) is 17.5. The molecule has 0 atom stereocenters. The molecule has 1 fully saturated rings. The lowest BCUT2D eigenvalue weighted by molar-refractivity contribution is -0.274. The summed E-state index contributed by atoms with van der Waals surface area (Å²) in [6.07, 6.45) is -4.80. The summed E-state index contributed by atoms with van der Waals surface area (Å²) in [5.41, 5.74) is 1.06. The highest BCUT2D eigenvalue weighted by Crippen LogP contribution is 2.26. The number of para-hydroxylation sites is 1. The molecule has 0 bridgehead atoms. The van der Waals surface area contributed by atoms with Gasteiger partial charge in [-0.05, 0) is 23.8 Å². The molecule has 7 nitrogen and oxygen atoms in total. The zero-order valence-corrected chi connectivity index (χ0v) is 17.5. The number of rotatable bonds is 9. The second-order valence-corrected chi connectivity index (χ2v) is 7.14. The molecule has 2 aromatic carbocycles. The van der Waals surface area contributed by atoms with Crippen molar-refractivity contribution in [2.45, 2.75) is 19.5 Å². The van der Waals surface area contributed by atoms with E-state index in [0.717, 1.165) is 38.4 Å². The summed E-state index contributed by atoms with van der Waals surface area (Å²) >= 11 is 0. The second-order valence-electron chi connectivity index (χ2n) is 7.14. The summed E-state index contributed by atoms with van der Waals surface area (Å²) in [5.74, 6) is 0.360. The van der Waals surface area contributed by atoms with Gasteiger partial charge in [0, 0.05) is 38.3 Å². The summed E-state index contributed by atoms with van der Waals surface area (Å²) in [6.45, 7) is 4.78. The van der Waals surface area contributed by atoms with Crippen LogP contribution in [0.3, 0.4) is 0 Å². The van der Waals surface area contributed by atoms with E-state index in [4.69, 9.17) is 9.47 Å². The Bertz CT molecular complexity index is 873. The predicted molar refractivity (Wildman–Crippen MR) is 111 cm³/mol. The first-order chi connectivity index (χ1) is 15.4. The molecule has 0 spiro atoms. The SMILES string of the molecule is O=C(NCc1cccc(OCCN2CCOCC2)c1)NCc1ccccc1OC(F)(F)F. The number of carbonyl (C=O) groups excluding carboxylic acids is 1. The minimum Gasteiger partial charge on any atom is -0.492 e. The van der Waals surface area contributed by atoms with E-state index >= 15 is 0 Å². The van der Waals surface area contributed by atoms with Gasteiger partial charge in [-0.1, -0.05) is 30.3 Å². The Morgan fingerprint density at radius 2 is 1.78 bits per heavy atom. The molecule has 1 heterocycles. The molecule has 32 heavy (non-hydrogen) atoms.